The Hall–Kier alpha value is -3.11. The van der Waals surface area contributed by atoms with E-state index in [0.29, 0.717) is 25.0 Å². The molecule has 0 atom stereocenters. The summed E-state index contributed by atoms with van der Waals surface area (Å²) in [6.45, 7) is 0.477. The Labute approximate surface area is 178 Å². The number of piperidine rings is 1. The molecular weight excluding hydrogens is 443 g/mol. The predicted octanol–water partition coefficient (Wildman–Crippen LogP) is 5.06. The van der Waals surface area contributed by atoms with Gasteiger partial charge in [-0.15, -0.1) is 0 Å². The minimum atomic E-state index is -4.68. The Morgan fingerprint density at radius 2 is 1.75 bits per heavy atom. The number of carbonyl (C=O) groups excluding carboxylic acids is 1. The molecule has 1 aromatic carbocycles. The van der Waals surface area contributed by atoms with Gasteiger partial charge in [-0.05, 0) is 43.2 Å². The Balaban J connectivity index is 1.57. The van der Waals surface area contributed by atoms with Crippen molar-refractivity contribution in [3.63, 3.8) is 0 Å². The van der Waals surface area contributed by atoms with Crippen LogP contribution in [0.15, 0.2) is 42.6 Å². The molecular formula is C21H18F7N3O. The second kappa shape index (κ2) is 9.17. The van der Waals surface area contributed by atoms with Crippen LogP contribution in [-0.4, -0.2) is 30.0 Å². The van der Waals surface area contributed by atoms with Gasteiger partial charge in [0.05, 0.1) is 11.1 Å². The summed E-state index contributed by atoms with van der Waals surface area (Å²) < 4.78 is 91.1. The van der Waals surface area contributed by atoms with Crippen LogP contribution in [0.5, 0.6) is 0 Å². The zero-order valence-electron chi connectivity index (χ0n) is 16.5. The lowest BCUT2D eigenvalue weighted by Gasteiger charge is -2.34. The third kappa shape index (κ3) is 5.77. The first-order valence-corrected chi connectivity index (χ1v) is 9.57. The third-order valence-corrected chi connectivity index (χ3v) is 4.98. The van der Waals surface area contributed by atoms with E-state index in [1.54, 1.807) is 0 Å². The summed E-state index contributed by atoms with van der Waals surface area (Å²) in [7, 11) is 0. The smallest absolute Gasteiger partial charge is 0.356 e. The normalized spacial score (nSPS) is 15.9. The maximum atomic E-state index is 13.8. The molecule has 1 aliphatic heterocycles. The molecule has 1 N–H and O–H groups in total. The van der Waals surface area contributed by atoms with Crippen molar-refractivity contribution < 1.29 is 35.5 Å². The topological polar surface area (TPSA) is 45.2 Å². The molecule has 32 heavy (non-hydrogen) atoms. The molecule has 4 nitrogen and oxygen atoms in total. The molecule has 3 rings (SSSR count). The van der Waals surface area contributed by atoms with Gasteiger partial charge in [0, 0.05) is 37.0 Å². The van der Waals surface area contributed by atoms with E-state index in [0.717, 1.165) is 24.3 Å². The molecule has 0 bridgehead atoms. The van der Waals surface area contributed by atoms with E-state index >= 15 is 0 Å². The van der Waals surface area contributed by atoms with Crippen LogP contribution in [0.4, 0.5) is 36.6 Å². The molecule has 0 radical (unpaired) electrons. The zero-order valence-corrected chi connectivity index (χ0v) is 16.5. The van der Waals surface area contributed by atoms with Gasteiger partial charge in [-0.3, -0.25) is 4.79 Å². The van der Waals surface area contributed by atoms with Crippen LogP contribution in [0.25, 0.3) is 6.08 Å². The molecule has 1 aliphatic rings. The average molecular weight is 461 g/mol. The van der Waals surface area contributed by atoms with Crippen molar-refractivity contribution in [3.8, 4) is 0 Å². The maximum Gasteiger partial charge on any atom is 0.419 e. The molecule has 172 valence electrons. The molecule has 0 spiro atoms. The molecule has 1 aromatic heterocycles. The number of alkyl halides is 6. The Kier molecular flexibility index (Phi) is 6.75. The maximum absolute atomic E-state index is 13.8. The van der Waals surface area contributed by atoms with E-state index in [-0.39, 0.29) is 30.5 Å². The van der Waals surface area contributed by atoms with Gasteiger partial charge < -0.3 is 10.2 Å². The summed E-state index contributed by atoms with van der Waals surface area (Å²) in [5.41, 5.74) is -2.15. The molecule has 1 saturated heterocycles. The van der Waals surface area contributed by atoms with Gasteiger partial charge in [0.2, 0.25) is 5.91 Å². The average Bonchev–Trinajstić information content (AvgIpc) is 2.72. The summed E-state index contributed by atoms with van der Waals surface area (Å²) >= 11 is 0. The molecule has 11 heteroatoms. The molecule has 0 aliphatic carbocycles. The first-order valence-electron chi connectivity index (χ1n) is 9.57. The number of anilines is 1. The molecule has 2 aromatic rings. The van der Waals surface area contributed by atoms with E-state index in [9.17, 15) is 35.5 Å². The first kappa shape index (κ1) is 23.6. The highest BCUT2D eigenvalue weighted by molar-refractivity contribution is 5.92. The number of aromatic nitrogens is 1. The Morgan fingerprint density at radius 3 is 2.34 bits per heavy atom. The molecule has 0 saturated carbocycles. The van der Waals surface area contributed by atoms with Crippen LogP contribution in [-0.2, 0) is 17.1 Å². The van der Waals surface area contributed by atoms with E-state index < -0.39 is 35.2 Å². The quantitative estimate of drug-likeness (QED) is 0.512. The fourth-order valence-corrected chi connectivity index (χ4v) is 3.36. The van der Waals surface area contributed by atoms with E-state index in [1.807, 2.05) is 0 Å². The summed E-state index contributed by atoms with van der Waals surface area (Å²) in [5, 5.41) is 2.66. The van der Waals surface area contributed by atoms with Gasteiger partial charge >= 0.3 is 12.4 Å². The highest BCUT2D eigenvalue weighted by Crippen LogP contribution is 2.36. The number of hydrogen-bond acceptors (Lipinski definition) is 3. The largest absolute Gasteiger partial charge is 0.419 e. The number of pyridine rings is 1. The number of benzene rings is 1. The summed E-state index contributed by atoms with van der Waals surface area (Å²) in [6.07, 6.45) is -5.14. The van der Waals surface area contributed by atoms with Crippen LogP contribution >= 0.6 is 0 Å². The van der Waals surface area contributed by atoms with Gasteiger partial charge in [-0.1, -0.05) is 6.07 Å². The van der Waals surface area contributed by atoms with Crippen molar-refractivity contribution in [2.24, 2.45) is 0 Å². The van der Waals surface area contributed by atoms with Crippen molar-refractivity contribution in [2.75, 3.05) is 18.0 Å². The number of halogens is 7. The van der Waals surface area contributed by atoms with Gasteiger partial charge in [-0.2, -0.15) is 26.3 Å². The zero-order chi connectivity index (χ0) is 23.5. The van der Waals surface area contributed by atoms with E-state index in [4.69, 9.17) is 0 Å². The van der Waals surface area contributed by atoms with Gasteiger partial charge in [0.25, 0.3) is 0 Å². The van der Waals surface area contributed by atoms with Crippen LogP contribution in [0, 0.1) is 5.82 Å². The van der Waals surface area contributed by atoms with Gasteiger partial charge in [0.15, 0.2) is 0 Å². The predicted molar refractivity (Wildman–Crippen MR) is 103 cm³/mol. The second-order valence-electron chi connectivity index (χ2n) is 7.21. The monoisotopic (exact) mass is 461 g/mol. The van der Waals surface area contributed by atoms with Crippen molar-refractivity contribution in [3.05, 3.63) is 65.1 Å². The first-order chi connectivity index (χ1) is 14.9. The molecule has 1 amide bonds. The Morgan fingerprint density at radius 1 is 1.06 bits per heavy atom. The van der Waals surface area contributed by atoms with Crippen molar-refractivity contribution in [1.82, 2.24) is 10.3 Å². The fourth-order valence-electron chi connectivity index (χ4n) is 3.36. The standard InChI is InChI=1S/C21H18F7N3O/c22-17-12-14(20(23,24)25)5-3-13(17)4-6-18(32)30-15-7-10-31(11-8-15)19-16(21(26,27)28)2-1-9-29-19/h1-6,9,12,15H,7-8,10-11H2,(H,30,32)/b6-4+. The van der Waals surface area contributed by atoms with Crippen molar-refractivity contribution in [2.45, 2.75) is 31.2 Å². The summed E-state index contributed by atoms with van der Waals surface area (Å²) in [5.74, 6) is -1.87. The minimum absolute atomic E-state index is 0.164. The van der Waals surface area contributed by atoms with Gasteiger partial charge in [0.1, 0.15) is 11.6 Å². The Bertz CT molecular complexity index is 994. The van der Waals surface area contributed by atoms with Crippen molar-refractivity contribution >= 4 is 17.8 Å². The number of carbonyl (C=O) groups is 1. The van der Waals surface area contributed by atoms with Crippen LogP contribution < -0.4 is 10.2 Å². The number of amides is 1. The fraction of sp³-hybridized carbons (Fsp3) is 0.333. The molecule has 0 unspecified atom stereocenters. The van der Waals surface area contributed by atoms with Crippen molar-refractivity contribution in [1.29, 1.82) is 0 Å². The SMILES string of the molecule is O=C(/C=C/c1ccc(C(F)(F)F)cc1F)NC1CCN(c2ncccc2C(F)(F)F)CC1. The molecule has 1 fully saturated rings. The lowest BCUT2D eigenvalue weighted by molar-refractivity contribution is -0.138. The van der Waals surface area contributed by atoms with Gasteiger partial charge in [-0.25, -0.2) is 9.37 Å². The van der Waals surface area contributed by atoms with Crippen LogP contribution in [0.1, 0.15) is 29.5 Å². The lowest BCUT2D eigenvalue weighted by Crippen LogP contribution is -2.45. The third-order valence-electron chi connectivity index (χ3n) is 4.98. The highest BCUT2D eigenvalue weighted by Gasteiger charge is 2.36. The van der Waals surface area contributed by atoms with Crippen LogP contribution in [0.3, 0.4) is 0 Å². The second-order valence-corrected chi connectivity index (χ2v) is 7.21. The molecule has 2 heterocycles. The number of hydrogen-bond donors (Lipinski definition) is 1. The van der Waals surface area contributed by atoms with Crippen LogP contribution in [0.2, 0.25) is 0 Å². The van der Waals surface area contributed by atoms with E-state index in [2.05, 4.69) is 10.3 Å². The lowest BCUT2D eigenvalue weighted by atomic mass is 10.0. The number of nitrogens with zero attached hydrogens (tertiary/aromatic N) is 2. The summed E-state index contributed by atoms with van der Waals surface area (Å²) in [6, 6.07) is 3.83. The minimum Gasteiger partial charge on any atom is -0.356 e. The summed E-state index contributed by atoms with van der Waals surface area (Å²) in [4.78, 5) is 17.4. The van der Waals surface area contributed by atoms with E-state index in [1.165, 1.54) is 17.2 Å². The highest BCUT2D eigenvalue weighted by atomic mass is 19.4. The number of nitrogens with one attached hydrogen (secondary N) is 1. The number of rotatable bonds is 4.